The minimum atomic E-state index is -0.597. The van der Waals surface area contributed by atoms with Crippen LogP contribution in [0.1, 0.15) is 20.8 Å². The molecule has 2 rings (SSSR count). The van der Waals surface area contributed by atoms with E-state index < -0.39 is 11.7 Å². The second-order valence-electron chi connectivity index (χ2n) is 5.03. The minimum Gasteiger partial charge on any atom is -0.494 e. The van der Waals surface area contributed by atoms with Gasteiger partial charge in [0.25, 0.3) is 0 Å². The molecule has 18 heavy (non-hydrogen) atoms. The monoisotopic (exact) mass is 311 g/mol. The van der Waals surface area contributed by atoms with Crippen molar-refractivity contribution in [3.8, 4) is 5.88 Å². The molecule has 0 amide bonds. The van der Waals surface area contributed by atoms with E-state index in [1.807, 2.05) is 12.1 Å². The third kappa shape index (κ3) is 2.51. The molecule has 0 atom stereocenters. The number of carbonyl (C=O) groups excluding carboxylic acids is 1. The van der Waals surface area contributed by atoms with E-state index in [0.29, 0.717) is 5.39 Å². The maximum absolute atomic E-state index is 11.9. The number of benzene rings is 1. The first-order valence-corrected chi connectivity index (χ1v) is 6.30. The highest BCUT2D eigenvalue weighted by molar-refractivity contribution is 9.10. The van der Waals surface area contributed by atoms with Crippen LogP contribution in [0.3, 0.4) is 0 Å². The van der Waals surface area contributed by atoms with Crippen LogP contribution in [0.2, 0.25) is 0 Å². The van der Waals surface area contributed by atoms with E-state index in [-0.39, 0.29) is 5.88 Å². The van der Waals surface area contributed by atoms with E-state index in [1.54, 1.807) is 33.0 Å². The van der Waals surface area contributed by atoms with Crippen LogP contribution in [0, 0.1) is 0 Å². The first-order valence-electron chi connectivity index (χ1n) is 5.51. The molecule has 1 N–H and O–H groups in total. The molecule has 0 unspecified atom stereocenters. The summed E-state index contributed by atoms with van der Waals surface area (Å²) in [6.45, 7) is 5.34. The highest BCUT2D eigenvalue weighted by Crippen LogP contribution is 2.30. The van der Waals surface area contributed by atoms with Gasteiger partial charge in [0, 0.05) is 21.4 Å². The SMILES string of the molecule is CC(C)(C)OC(=O)n1cc2cc(Br)ccc2c1O. The third-order valence-corrected chi connectivity index (χ3v) is 2.83. The Kier molecular flexibility index (Phi) is 3.11. The van der Waals surface area contributed by atoms with E-state index >= 15 is 0 Å². The van der Waals surface area contributed by atoms with Crippen molar-refractivity contribution in [2.75, 3.05) is 0 Å². The van der Waals surface area contributed by atoms with Crippen LogP contribution < -0.4 is 0 Å². The van der Waals surface area contributed by atoms with Gasteiger partial charge in [-0.15, -0.1) is 0 Å². The number of rotatable bonds is 0. The molecule has 0 saturated carbocycles. The van der Waals surface area contributed by atoms with Crippen molar-refractivity contribution in [2.24, 2.45) is 0 Å². The van der Waals surface area contributed by atoms with E-state index in [0.717, 1.165) is 14.4 Å². The number of halogens is 1. The van der Waals surface area contributed by atoms with Gasteiger partial charge in [0.2, 0.25) is 5.88 Å². The maximum atomic E-state index is 11.9. The molecule has 1 aromatic carbocycles. The van der Waals surface area contributed by atoms with Gasteiger partial charge in [0.05, 0.1) is 0 Å². The molecule has 96 valence electrons. The fourth-order valence-corrected chi connectivity index (χ4v) is 2.00. The van der Waals surface area contributed by atoms with Gasteiger partial charge in [-0.25, -0.2) is 9.36 Å². The van der Waals surface area contributed by atoms with Crippen molar-refractivity contribution >= 4 is 32.8 Å². The van der Waals surface area contributed by atoms with Crippen LogP contribution in [0.25, 0.3) is 10.8 Å². The Morgan fingerprint density at radius 1 is 1.39 bits per heavy atom. The Hall–Kier alpha value is -1.49. The molecule has 4 nitrogen and oxygen atoms in total. The third-order valence-electron chi connectivity index (χ3n) is 2.34. The molecule has 0 aliphatic rings. The lowest BCUT2D eigenvalue weighted by Crippen LogP contribution is -2.26. The van der Waals surface area contributed by atoms with Crippen LogP contribution in [0.15, 0.2) is 28.9 Å². The summed E-state index contributed by atoms with van der Waals surface area (Å²) in [4.78, 5) is 11.9. The highest BCUT2D eigenvalue weighted by Gasteiger charge is 2.21. The fourth-order valence-electron chi connectivity index (χ4n) is 1.62. The van der Waals surface area contributed by atoms with Gasteiger partial charge in [-0.2, -0.15) is 0 Å². The van der Waals surface area contributed by atoms with Crippen molar-refractivity contribution < 1.29 is 14.6 Å². The molecular weight excluding hydrogens is 298 g/mol. The molecule has 1 heterocycles. The predicted molar refractivity (Wildman–Crippen MR) is 72.9 cm³/mol. The van der Waals surface area contributed by atoms with Gasteiger partial charge in [-0.1, -0.05) is 15.9 Å². The first kappa shape index (κ1) is 13.0. The zero-order valence-electron chi connectivity index (χ0n) is 10.4. The predicted octanol–water partition coefficient (Wildman–Crippen LogP) is 3.89. The molecule has 0 bridgehead atoms. The van der Waals surface area contributed by atoms with Crippen molar-refractivity contribution in [1.82, 2.24) is 4.57 Å². The van der Waals surface area contributed by atoms with Gasteiger partial charge in [0.15, 0.2) is 0 Å². The van der Waals surface area contributed by atoms with Crippen molar-refractivity contribution in [3.05, 3.63) is 28.9 Å². The van der Waals surface area contributed by atoms with E-state index in [4.69, 9.17) is 4.74 Å². The van der Waals surface area contributed by atoms with Gasteiger partial charge >= 0.3 is 6.09 Å². The van der Waals surface area contributed by atoms with E-state index in [1.165, 1.54) is 0 Å². The second-order valence-corrected chi connectivity index (χ2v) is 5.95. The molecular formula is C13H14BrNO3. The van der Waals surface area contributed by atoms with Crippen LogP contribution in [0.4, 0.5) is 4.79 Å². The number of hydrogen-bond donors (Lipinski definition) is 1. The number of ether oxygens (including phenoxy) is 1. The Balaban J connectivity index is 2.46. The Bertz CT molecular complexity index is 610. The van der Waals surface area contributed by atoms with Gasteiger partial charge in [-0.3, -0.25) is 0 Å². The molecule has 0 fully saturated rings. The zero-order valence-corrected chi connectivity index (χ0v) is 12.0. The summed E-state index contributed by atoms with van der Waals surface area (Å²) in [5, 5.41) is 11.4. The van der Waals surface area contributed by atoms with Crippen molar-refractivity contribution in [1.29, 1.82) is 0 Å². The molecule has 5 heteroatoms. The average Bonchev–Trinajstić information content (AvgIpc) is 2.53. The summed E-state index contributed by atoms with van der Waals surface area (Å²) < 4.78 is 7.22. The van der Waals surface area contributed by atoms with E-state index in [2.05, 4.69) is 15.9 Å². The lowest BCUT2D eigenvalue weighted by Gasteiger charge is -2.19. The van der Waals surface area contributed by atoms with Crippen LogP contribution in [0.5, 0.6) is 5.88 Å². The number of hydrogen-bond acceptors (Lipinski definition) is 3. The summed E-state index contributed by atoms with van der Waals surface area (Å²) in [6.07, 6.45) is 0.969. The van der Waals surface area contributed by atoms with Gasteiger partial charge < -0.3 is 9.84 Å². The average molecular weight is 312 g/mol. The largest absolute Gasteiger partial charge is 0.494 e. The Labute approximate surface area is 113 Å². The standard InChI is InChI=1S/C13H14BrNO3/c1-13(2,3)18-12(17)15-7-8-6-9(14)4-5-10(8)11(15)16/h4-7,16H,1-3H3. The van der Waals surface area contributed by atoms with Crippen LogP contribution in [-0.4, -0.2) is 21.4 Å². The molecule has 2 aromatic rings. The lowest BCUT2D eigenvalue weighted by molar-refractivity contribution is 0.0526. The van der Waals surface area contributed by atoms with Crippen LogP contribution >= 0.6 is 15.9 Å². The second kappa shape index (κ2) is 4.31. The first-order chi connectivity index (χ1) is 8.28. The molecule has 0 radical (unpaired) electrons. The minimum absolute atomic E-state index is 0.105. The number of aromatic hydroxyl groups is 1. The van der Waals surface area contributed by atoms with Crippen molar-refractivity contribution in [2.45, 2.75) is 26.4 Å². The number of nitrogens with zero attached hydrogens (tertiary/aromatic N) is 1. The summed E-state index contributed by atoms with van der Waals surface area (Å²) >= 11 is 3.35. The zero-order chi connectivity index (χ0) is 13.5. The smallest absolute Gasteiger partial charge is 0.421 e. The lowest BCUT2D eigenvalue weighted by atomic mass is 10.2. The summed E-state index contributed by atoms with van der Waals surface area (Å²) in [7, 11) is 0. The fraction of sp³-hybridized carbons (Fsp3) is 0.308. The molecule has 0 aliphatic heterocycles. The van der Waals surface area contributed by atoms with Gasteiger partial charge in [-0.05, 0) is 39.0 Å². The van der Waals surface area contributed by atoms with Crippen LogP contribution in [-0.2, 0) is 4.74 Å². The molecule has 0 spiro atoms. The molecule has 0 aliphatic carbocycles. The van der Waals surface area contributed by atoms with Gasteiger partial charge in [0.1, 0.15) is 5.60 Å². The van der Waals surface area contributed by atoms with E-state index in [9.17, 15) is 9.90 Å². The molecule has 1 aromatic heterocycles. The number of fused-ring (bicyclic) bond motifs is 1. The Morgan fingerprint density at radius 2 is 2.06 bits per heavy atom. The summed E-state index contributed by atoms with van der Waals surface area (Å²) in [6, 6.07) is 5.38. The summed E-state index contributed by atoms with van der Waals surface area (Å²) in [5.41, 5.74) is -0.597. The topological polar surface area (TPSA) is 51.5 Å². The molecule has 0 saturated heterocycles. The number of carbonyl (C=O) groups is 1. The number of aromatic nitrogens is 1. The normalized spacial score (nSPS) is 11.8. The maximum Gasteiger partial charge on any atom is 0.421 e. The van der Waals surface area contributed by atoms with Crippen molar-refractivity contribution in [3.63, 3.8) is 0 Å². The summed E-state index contributed by atoms with van der Waals surface area (Å²) in [5.74, 6) is -0.105. The quantitative estimate of drug-likeness (QED) is 0.803. The highest BCUT2D eigenvalue weighted by atomic mass is 79.9. The Morgan fingerprint density at radius 3 is 2.67 bits per heavy atom.